The third-order valence-corrected chi connectivity index (χ3v) is 1.30. The lowest BCUT2D eigenvalue weighted by Crippen LogP contribution is -2.49. The van der Waals surface area contributed by atoms with Gasteiger partial charge in [0.2, 0.25) is 0 Å². The number of carbonyl (C=O) groups is 1. The molecule has 5 N–H and O–H groups in total. The van der Waals surface area contributed by atoms with Crippen molar-refractivity contribution in [2.75, 3.05) is 6.61 Å². The Kier molecular flexibility index (Phi) is 6.88. The minimum absolute atomic E-state index is 0.190. The average molecular weight is 179 g/mol. The maximum absolute atomic E-state index is 9.00. The first-order chi connectivity index (χ1) is 5.24. The smallest absolute Gasteiger partial charge is 0.300 e. The van der Waals surface area contributed by atoms with E-state index in [-0.39, 0.29) is 6.61 Å². The van der Waals surface area contributed by atoms with Gasteiger partial charge < -0.3 is 21.1 Å². The van der Waals surface area contributed by atoms with Crippen molar-refractivity contribution < 1.29 is 20.1 Å². The van der Waals surface area contributed by atoms with Gasteiger partial charge in [0.1, 0.15) is 0 Å². The number of aliphatic carboxylic acids is 1. The molecule has 0 spiro atoms. The van der Waals surface area contributed by atoms with Crippen LogP contribution in [0.15, 0.2) is 0 Å². The zero-order valence-electron chi connectivity index (χ0n) is 7.61. The molecule has 0 aliphatic carbocycles. The number of aliphatic hydroxyl groups excluding tert-OH is 2. The SMILES string of the molecule is CC(=O)O.CC(O)C(C)(N)CO. The molecule has 0 radical (unpaired) electrons. The highest BCUT2D eigenvalue weighted by molar-refractivity contribution is 5.62. The number of hydrogen-bond donors (Lipinski definition) is 4. The molecule has 12 heavy (non-hydrogen) atoms. The molecule has 0 heterocycles. The Morgan fingerprint density at radius 2 is 1.92 bits per heavy atom. The van der Waals surface area contributed by atoms with Crippen molar-refractivity contribution >= 4 is 5.97 Å². The van der Waals surface area contributed by atoms with Crippen molar-refractivity contribution in [1.82, 2.24) is 0 Å². The lowest BCUT2D eigenvalue weighted by atomic mass is 9.99. The fourth-order valence-corrected chi connectivity index (χ4v) is 0.132. The average Bonchev–Trinajstić information content (AvgIpc) is 1.86. The molecular formula is C7H17NO4. The normalized spacial score (nSPS) is 16.8. The Hall–Kier alpha value is -0.650. The van der Waals surface area contributed by atoms with Gasteiger partial charge in [-0.25, -0.2) is 0 Å². The number of hydrogen-bond acceptors (Lipinski definition) is 4. The Balaban J connectivity index is 0. The molecule has 0 fully saturated rings. The van der Waals surface area contributed by atoms with Crippen LogP contribution in [0, 0.1) is 0 Å². The quantitative estimate of drug-likeness (QED) is 0.443. The van der Waals surface area contributed by atoms with Crippen LogP contribution in [0.1, 0.15) is 20.8 Å². The van der Waals surface area contributed by atoms with Crippen LogP contribution in [0.25, 0.3) is 0 Å². The molecule has 0 aromatic carbocycles. The lowest BCUT2D eigenvalue weighted by Gasteiger charge is -2.24. The van der Waals surface area contributed by atoms with Crippen LogP contribution in [0.2, 0.25) is 0 Å². The minimum Gasteiger partial charge on any atom is -0.481 e. The van der Waals surface area contributed by atoms with Gasteiger partial charge in [0.25, 0.3) is 5.97 Å². The van der Waals surface area contributed by atoms with Crippen LogP contribution in [-0.2, 0) is 4.79 Å². The maximum atomic E-state index is 9.00. The van der Waals surface area contributed by atoms with Crippen molar-refractivity contribution in [2.45, 2.75) is 32.4 Å². The van der Waals surface area contributed by atoms with Crippen LogP contribution in [0.4, 0.5) is 0 Å². The van der Waals surface area contributed by atoms with Crippen molar-refractivity contribution in [2.24, 2.45) is 5.73 Å². The van der Waals surface area contributed by atoms with E-state index < -0.39 is 17.6 Å². The highest BCUT2D eigenvalue weighted by Gasteiger charge is 2.22. The Bertz CT molecular complexity index is 129. The van der Waals surface area contributed by atoms with E-state index in [4.69, 9.17) is 25.8 Å². The summed E-state index contributed by atoms with van der Waals surface area (Å²) in [6.07, 6.45) is -0.660. The molecule has 0 saturated carbocycles. The first kappa shape index (κ1) is 13.9. The highest BCUT2D eigenvalue weighted by Crippen LogP contribution is 2.02. The van der Waals surface area contributed by atoms with E-state index in [0.29, 0.717) is 0 Å². The number of rotatable bonds is 2. The Morgan fingerprint density at radius 3 is 1.92 bits per heavy atom. The molecule has 0 aliphatic heterocycles. The monoisotopic (exact) mass is 179 g/mol. The maximum Gasteiger partial charge on any atom is 0.300 e. The summed E-state index contributed by atoms with van der Waals surface area (Å²) < 4.78 is 0. The van der Waals surface area contributed by atoms with Gasteiger partial charge in [0.05, 0.1) is 18.2 Å². The second-order valence-electron chi connectivity index (χ2n) is 2.86. The van der Waals surface area contributed by atoms with E-state index in [1.807, 2.05) is 0 Å². The van der Waals surface area contributed by atoms with E-state index in [0.717, 1.165) is 6.92 Å². The molecule has 0 amide bonds. The summed E-state index contributed by atoms with van der Waals surface area (Å²) in [4.78, 5) is 9.00. The predicted octanol–water partition coefficient (Wildman–Crippen LogP) is -0.832. The molecule has 74 valence electrons. The minimum atomic E-state index is -0.847. The predicted molar refractivity (Wildman–Crippen MR) is 44.7 cm³/mol. The Labute approximate surface area is 71.8 Å². The largest absolute Gasteiger partial charge is 0.481 e. The summed E-state index contributed by atoms with van der Waals surface area (Å²) >= 11 is 0. The van der Waals surface area contributed by atoms with Crippen molar-refractivity contribution in [3.63, 3.8) is 0 Å². The molecule has 5 heteroatoms. The van der Waals surface area contributed by atoms with Gasteiger partial charge in [0.15, 0.2) is 0 Å². The van der Waals surface area contributed by atoms with Gasteiger partial charge in [-0.2, -0.15) is 0 Å². The standard InChI is InChI=1S/C5H13NO2.C2H4O2/c1-4(8)5(2,6)3-7;1-2(3)4/h4,7-8H,3,6H2,1-2H3;1H3,(H,3,4). The van der Waals surface area contributed by atoms with Gasteiger partial charge in [-0.15, -0.1) is 0 Å². The van der Waals surface area contributed by atoms with E-state index >= 15 is 0 Å². The first-order valence-corrected chi connectivity index (χ1v) is 3.51. The van der Waals surface area contributed by atoms with Crippen LogP contribution in [-0.4, -0.2) is 39.5 Å². The fourth-order valence-electron chi connectivity index (χ4n) is 0.132. The molecule has 2 unspecified atom stereocenters. The van der Waals surface area contributed by atoms with Crippen LogP contribution in [0.5, 0.6) is 0 Å². The number of carboxylic acid groups (broad SMARTS) is 1. The highest BCUT2D eigenvalue weighted by atomic mass is 16.4. The molecule has 0 bridgehead atoms. The van der Waals surface area contributed by atoms with Crippen LogP contribution in [0.3, 0.4) is 0 Å². The lowest BCUT2D eigenvalue weighted by molar-refractivity contribution is -0.134. The van der Waals surface area contributed by atoms with Gasteiger partial charge in [-0.3, -0.25) is 4.79 Å². The zero-order valence-corrected chi connectivity index (χ0v) is 7.61. The summed E-state index contributed by atoms with van der Waals surface area (Å²) in [5.74, 6) is -0.833. The van der Waals surface area contributed by atoms with E-state index in [2.05, 4.69) is 0 Å². The van der Waals surface area contributed by atoms with Crippen LogP contribution >= 0.6 is 0 Å². The molecule has 0 saturated heterocycles. The molecule has 5 nitrogen and oxygen atoms in total. The summed E-state index contributed by atoms with van der Waals surface area (Å²) in [5.41, 5.74) is 4.51. The van der Waals surface area contributed by atoms with Gasteiger partial charge >= 0.3 is 0 Å². The molecule has 0 aromatic heterocycles. The number of aliphatic hydroxyl groups is 2. The second kappa shape index (κ2) is 5.93. The summed E-state index contributed by atoms with van der Waals surface area (Å²) in [7, 11) is 0. The molecule has 2 atom stereocenters. The molecule has 0 aromatic rings. The third-order valence-electron chi connectivity index (χ3n) is 1.30. The van der Waals surface area contributed by atoms with Gasteiger partial charge in [-0.1, -0.05) is 0 Å². The number of carboxylic acids is 1. The van der Waals surface area contributed by atoms with Gasteiger partial charge in [-0.05, 0) is 13.8 Å². The van der Waals surface area contributed by atoms with E-state index in [1.165, 1.54) is 0 Å². The van der Waals surface area contributed by atoms with Gasteiger partial charge in [0, 0.05) is 6.92 Å². The summed E-state index contributed by atoms with van der Waals surface area (Å²) in [6.45, 7) is 4.04. The van der Waals surface area contributed by atoms with Crippen LogP contribution < -0.4 is 5.73 Å². The fraction of sp³-hybridized carbons (Fsp3) is 0.857. The third kappa shape index (κ3) is 9.35. The molecule has 0 rings (SSSR count). The Morgan fingerprint density at radius 1 is 1.67 bits per heavy atom. The molecular weight excluding hydrogens is 162 g/mol. The van der Waals surface area contributed by atoms with E-state index in [1.54, 1.807) is 13.8 Å². The summed E-state index contributed by atoms with van der Waals surface area (Å²) in [6, 6.07) is 0. The zero-order chi connectivity index (χ0) is 10.4. The molecule has 0 aliphatic rings. The second-order valence-corrected chi connectivity index (χ2v) is 2.86. The van der Waals surface area contributed by atoms with E-state index in [9.17, 15) is 0 Å². The first-order valence-electron chi connectivity index (χ1n) is 3.51. The summed E-state index contributed by atoms with van der Waals surface area (Å²) in [5, 5.41) is 24.7. The van der Waals surface area contributed by atoms with Crippen molar-refractivity contribution in [3.05, 3.63) is 0 Å². The van der Waals surface area contributed by atoms with Crippen molar-refractivity contribution in [3.8, 4) is 0 Å². The number of nitrogens with two attached hydrogens (primary N) is 1. The topological polar surface area (TPSA) is 104 Å². The van der Waals surface area contributed by atoms with Crippen molar-refractivity contribution in [1.29, 1.82) is 0 Å².